The Balaban J connectivity index is 0.00000180. The molecule has 4 heteroatoms. The first kappa shape index (κ1) is 16.3. The van der Waals surface area contributed by atoms with Crippen LogP contribution in [-0.4, -0.2) is 44.2 Å². The van der Waals surface area contributed by atoms with E-state index in [1.54, 1.807) is 0 Å². The molecule has 0 radical (unpaired) electrons. The molecule has 0 unspecified atom stereocenters. The van der Waals surface area contributed by atoms with Crippen LogP contribution in [0.4, 0.5) is 0 Å². The maximum atomic E-state index is 5.78. The van der Waals surface area contributed by atoms with Crippen molar-refractivity contribution in [1.29, 1.82) is 0 Å². The van der Waals surface area contributed by atoms with Gasteiger partial charge in [0.05, 0.1) is 0 Å². The van der Waals surface area contributed by atoms with Crippen LogP contribution in [0.1, 0.15) is 25.3 Å². The van der Waals surface area contributed by atoms with Crippen molar-refractivity contribution >= 4 is 12.4 Å². The van der Waals surface area contributed by atoms with E-state index in [2.05, 4.69) is 48.3 Å². The lowest BCUT2D eigenvalue weighted by molar-refractivity contribution is 0.191. The van der Waals surface area contributed by atoms with Gasteiger partial charge in [0.2, 0.25) is 0 Å². The van der Waals surface area contributed by atoms with Crippen LogP contribution in [0.3, 0.4) is 0 Å². The van der Waals surface area contributed by atoms with Crippen LogP contribution in [0.5, 0.6) is 5.75 Å². The average Bonchev–Trinajstić information content (AvgIpc) is 2.40. The third kappa shape index (κ3) is 5.39. The van der Waals surface area contributed by atoms with Gasteiger partial charge in [-0.1, -0.05) is 26.0 Å². The molecule has 108 valence electrons. The highest BCUT2D eigenvalue weighted by molar-refractivity contribution is 5.85. The van der Waals surface area contributed by atoms with E-state index in [1.165, 1.54) is 5.56 Å². The Morgan fingerprint density at radius 1 is 1.16 bits per heavy atom. The highest BCUT2D eigenvalue weighted by Crippen LogP contribution is 2.18. The predicted octanol–water partition coefficient (Wildman–Crippen LogP) is 2.52. The standard InChI is InChI=1S/C15H24N2O.ClH/c1-13(2)14-3-5-15(6-4-14)18-12-11-17-9-7-16-8-10-17;/h3-6,13,16H,7-12H2,1-2H3;1H. The molecule has 1 aromatic carbocycles. The molecule has 1 fully saturated rings. The van der Waals surface area contributed by atoms with Crippen LogP contribution in [0.15, 0.2) is 24.3 Å². The van der Waals surface area contributed by atoms with Crippen molar-refractivity contribution in [3.8, 4) is 5.75 Å². The second kappa shape index (κ2) is 8.41. The molecule has 0 bridgehead atoms. The van der Waals surface area contributed by atoms with Crippen molar-refractivity contribution in [3.63, 3.8) is 0 Å². The van der Waals surface area contributed by atoms with Gasteiger partial charge in [-0.15, -0.1) is 12.4 Å². The molecule has 1 aliphatic heterocycles. The molecule has 0 amide bonds. The normalized spacial score (nSPS) is 16.2. The summed E-state index contributed by atoms with van der Waals surface area (Å²) in [5.74, 6) is 1.56. The number of hydrogen-bond acceptors (Lipinski definition) is 3. The fraction of sp³-hybridized carbons (Fsp3) is 0.600. The molecule has 1 N–H and O–H groups in total. The van der Waals surface area contributed by atoms with E-state index < -0.39 is 0 Å². The summed E-state index contributed by atoms with van der Waals surface area (Å²) in [5, 5.41) is 3.36. The zero-order chi connectivity index (χ0) is 12.8. The molecule has 2 rings (SSSR count). The third-order valence-corrected chi connectivity index (χ3v) is 3.43. The van der Waals surface area contributed by atoms with Gasteiger partial charge in [0, 0.05) is 32.7 Å². The molecule has 0 aromatic heterocycles. The number of nitrogens with zero attached hydrogens (tertiary/aromatic N) is 1. The summed E-state index contributed by atoms with van der Waals surface area (Å²) in [4.78, 5) is 2.44. The van der Waals surface area contributed by atoms with E-state index in [-0.39, 0.29) is 12.4 Å². The van der Waals surface area contributed by atoms with Gasteiger partial charge < -0.3 is 10.1 Å². The third-order valence-electron chi connectivity index (χ3n) is 3.43. The van der Waals surface area contributed by atoms with Crippen molar-refractivity contribution in [2.45, 2.75) is 19.8 Å². The predicted molar refractivity (Wildman–Crippen MR) is 82.6 cm³/mol. The fourth-order valence-electron chi connectivity index (χ4n) is 2.18. The van der Waals surface area contributed by atoms with Crippen LogP contribution in [-0.2, 0) is 0 Å². The number of halogens is 1. The molecule has 1 heterocycles. The first-order valence-corrected chi connectivity index (χ1v) is 6.91. The molecule has 19 heavy (non-hydrogen) atoms. The van der Waals surface area contributed by atoms with E-state index >= 15 is 0 Å². The number of piperazine rings is 1. The smallest absolute Gasteiger partial charge is 0.119 e. The van der Waals surface area contributed by atoms with Crippen molar-refractivity contribution < 1.29 is 4.74 Å². The lowest BCUT2D eigenvalue weighted by atomic mass is 10.0. The Morgan fingerprint density at radius 3 is 2.37 bits per heavy atom. The summed E-state index contributed by atoms with van der Waals surface area (Å²) in [6.45, 7) is 10.7. The van der Waals surface area contributed by atoms with Crippen LogP contribution in [0.2, 0.25) is 0 Å². The topological polar surface area (TPSA) is 24.5 Å². The minimum Gasteiger partial charge on any atom is -0.492 e. The monoisotopic (exact) mass is 284 g/mol. The quantitative estimate of drug-likeness (QED) is 0.899. The molecule has 0 saturated carbocycles. The minimum atomic E-state index is 0. The van der Waals surface area contributed by atoms with Crippen molar-refractivity contribution in [3.05, 3.63) is 29.8 Å². The van der Waals surface area contributed by atoms with Gasteiger partial charge >= 0.3 is 0 Å². The second-order valence-corrected chi connectivity index (χ2v) is 5.16. The summed E-state index contributed by atoms with van der Waals surface area (Å²) in [7, 11) is 0. The Bertz CT molecular complexity index is 348. The molecular weight excluding hydrogens is 260 g/mol. The Hall–Kier alpha value is -0.770. The summed E-state index contributed by atoms with van der Waals surface area (Å²) in [5.41, 5.74) is 1.37. The highest BCUT2D eigenvalue weighted by atomic mass is 35.5. The molecule has 0 aliphatic carbocycles. The number of rotatable bonds is 5. The summed E-state index contributed by atoms with van der Waals surface area (Å²) >= 11 is 0. The maximum Gasteiger partial charge on any atom is 0.119 e. The largest absolute Gasteiger partial charge is 0.492 e. The van der Waals surface area contributed by atoms with Crippen LogP contribution < -0.4 is 10.1 Å². The van der Waals surface area contributed by atoms with Gasteiger partial charge in [-0.3, -0.25) is 4.90 Å². The van der Waals surface area contributed by atoms with Gasteiger partial charge in [0.15, 0.2) is 0 Å². The van der Waals surface area contributed by atoms with Crippen LogP contribution >= 0.6 is 12.4 Å². The van der Waals surface area contributed by atoms with E-state index in [0.29, 0.717) is 5.92 Å². The van der Waals surface area contributed by atoms with Crippen LogP contribution in [0, 0.1) is 0 Å². The fourth-order valence-corrected chi connectivity index (χ4v) is 2.18. The molecule has 1 aromatic rings. The molecular formula is C15H25ClN2O. The summed E-state index contributed by atoms with van der Waals surface area (Å²) in [6, 6.07) is 8.47. The highest BCUT2D eigenvalue weighted by Gasteiger charge is 2.08. The van der Waals surface area contributed by atoms with E-state index in [4.69, 9.17) is 4.74 Å². The van der Waals surface area contributed by atoms with E-state index in [0.717, 1.165) is 45.1 Å². The number of nitrogens with one attached hydrogen (secondary N) is 1. The van der Waals surface area contributed by atoms with Gasteiger partial charge in [-0.2, -0.15) is 0 Å². The van der Waals surface area contributed by atoms with Crippen molar-refractivity contribution in [1.82, 2.24) is 10.2 Å². The number of benzene rings is 1. The van der Waals surface area contributed by atoms with Crippen molar-refractivity contribution in [2.24, 2.45) is 0 Å². The van der Waals surface area contributed by atoms with Gasteiger partial charge in [0.25, 0.3) is 0 Å². The Morgan fingerprint density at radius 2 is 1.79 bits per heavy atom. The first-order valence-electron chi connectivity index (χ1n) is 6.91. The summed E-state index contributed by atoms with van der Waals surface area (Å²) in [6.07, 6.45) is 0. The van der Waals surface area contributed by atoms with Gasteiger partial charge in [-0.05, 0) is 23.6 Å². The number of hydrogen-bond donors (Lipinski definition) is 1. The summed E-state index contributed by atoms with van der Waals surface area (Å²) < 4.78 is 5.78. The Labute approximate surface area is 122 Å². The van der Waals surface area contributed by atoms with E-state index in [1.807, 2.05) is 0 Å². The number of ether oxygens (including phenoxy) is 1. The SMILES string of the molecule is CC(C)c1ccc(OCCN2CCNCC2)cc1.Cl. The van der Waals surface area contributed by atoms with Crippen LogP contribution in [0.25, 0.3) is 0 Å². The zero-order valence-electron chi connectivity index (χ0n) is 11.9. The maximum absolute atomic E-state index is 5.78. The van der Waals surface area contributed by atoms with Crippen molar-refractivity contribution in [2.75, 3.05) is 39.3 Å². The van der Waals surface area contributed by atoms with Gasteiger partial charge in [0.1, 0.15) is 12.4 Å². The molecule has 3 nitrogen and oxygen atoms in total. The lowest BCUT2D eigenvalue weighted by Gasteiger charge is -2.26. The first-order chi connectivity index (χ1) is 8.75. The van der Waals surface area contributed by atoms with E-state index in [9.17, 15) is 0 Å². The average molecular weight is 285 g/mol. The lowest BCUT2D eigenvalue weighted by Crippen LogP contribution is -2.44. The molecule has 0 atom stereocenters. The molecule has 1 saturated heterocycles. The second-order valence-electron chi connectivity index (χ2n) is 5.16. The minimum absolute atomic E-state index is 0. The molecule has 1 aliphatic rings. The molecule has 0 spiro atoms. The zero-order valence-corrected chi connectivity index (χ0v) is 12.7. The van der Waals surface area contributed by atoms with Gasteiger partial charge in [-0.25, -0.2) is 0 Å². The Kier molecular flexibility index (Phi) is 7.21.